The Hall–Kier alpha value is -1.55. The largest absolute Gasteiger partial charge is 0.308 e. The summed E-state index contributed by atoms with van der Waals surface area (Å²) in [6.07, 6.45) is 2.86. The van der Waals surface area contributed by atoms with Crippen LogP contribution in [0.15, 0.2) is 34.8 Å². The highest BCUT2D eigenvalue weighted by Crippen LogP contribution is 2.11. The van der Waals surface area contributed by atoms with Gasteiger partial charge in [-0.3, -0.25) is 0 Å². The van der Waals surface area contributed by atoms with Crippen LogP contribution < -0.4 is 16.0 Å². The second-order valence-corrected chi connectivity index (χ2v) is 6.02. The van der Waals surface area contributed by atoms with Crippen LogP contribution in [-0.4, -0.2) is 18.4 Å². The van der Waals surface area contributed by atoms with Crippen LogP contribution in [-0.2, 0) is 16.6 Å². The molecular weight excluding hydrogens is 274 g/mol. The molecule has 0 fully saturated rings. The minimum atomic E-state index is -3.58. The number of hydrogen-bond acceptors (Lipinski definition) is 7. The minimum Gasteiger partial charge on any atom is -0.308 e. The fourth-order valence-corrected chi connectivity index (χ4v) is 2.78. The lowest BCUT2D eigenvalue weighted by Gasteiger charge is -2.05. The van der Waals surface area contributed by atoms with Crippen LogP contribution in [0.5, 0.6) is 0 Å². The maximum atomic E-state index is 11.9. The molecule has 0 saturated carbocycles. The number of pyridine rings is 1. The summed E-state index contributed by atoms with van der Waals surface area (Å²) < 4.78 is 26.2. The lowest BCUT2D eigenvalue weighted by molar-refractivity contribution is 0.580. The number of hydrazine groups is 1. The van der Waals surface area contributed by atoms with Crippen molar-refractivity contribution in [1.82, 2.24) is 14.7 Å². The Labute approximate surface area is 108 Å². The normalized spacial score (nSPS) is 11.4. The van der Waals surface area contributed by atoms with Crippen LogP contribution in [0.3, 0.4) is 0 Å². The number of hydrogen-bond donors (Lipinski definition) is 3. The smallest absolute Gasteiger partial charge is 0.242 e. The third-order valence-electron chi connectivity index (χ3n) is 2.09. The first-order chi connectivity index (χ1) is 8.62. The fraction of sp³-hybridized carbons (Fsp3) is 0.111. The van der Waals surface area contributed by atoms with Gasteiger partial charge in [0, 0.05) is 17.8 Å². The Kier molecular flexibility index (Phi) is 3.87. The Balaban J connectivity index is 2.09. The Morgan fingerprint density at radius 3 is 2.72 bits per heavy atom. The molecular formula is C9H11N5O2S2. The van der Waals surface area contributed by atoms with Crippen molar-refractivity contribution in [3.8, 4) is 0 Å². The molecule has 0 amide bonds. The maximum absolute atomic E-state index is 11.9. The first kappa shape index (κ1) is 12.9. The monoisotopic (exact) mass is 285 g/mol. The number of anilines is 1. The van der Waals surface area contributed by atoms with E-state index in [1.807, 2.05) is 0 Å². The van der Waals surface area contributed by atoms with E-state index < -0.39 is 10.0 Å². The van der Waals surface area contributed by atoms with Gasteiger partial charge in [-0.05, 0) is 12.1 Å². The third kappa shape index (κ3) is 3.01. The van der Waals surface area contributed by atoms with Crippen LogP contribution in [0.1, 0.15) is 5.01 Å². The van der Waals surface area contributed by atoms with Crippen molar-refractivity contribution in [2.45, 2.75) is 11.4 Å². The van der Waals surface area contributed by atoms with Gasteiger partial charge in [0.25, 0.3) is 0 Å². The van der Waals surface area contributed by atoms with E-state index in [1.54, 1.807) is 11.6 Å². The second kappa shape index (κ2) is 5.40. The molecule has 0 aliphatic rings. The molecule has 0 unspecified atom stereocenters. The number of nitrogens with two attached hydrogens (primary N) is 1. The average molecular weight is 285 g/mol. The third-order valence-corrected chi connectivity index (χ3v) is 4.26. The van der Waals surface area contributed by atoms with Crippen LogP contribution in [0.4, 0.5) is 5.82 Å². The van der Waals surface area contributed by atoms with Gasteiger partial charge in [0.15, 0.2) is 0 Å². The van der Waals surface area contributed by atoms with Gasteiger partial charge in [-0.15, -0.1) is 11.3 Å². The van der Waals surface area contributed by atoms with Crippen LogP contribution in [0.25, 0.3) is 0 Å². The van der Waals surface area contributed by atoms with Gasteiger partial charge in [-0.25, -0.2) is 29.0 Å². The van der Waals surface area contributed by atoms with Crippen molar-refractivity contribution in [2.75, 3.05) is 5.43 Å². The van der Waals surface area contributed by atoms with E-state index >= 15 is 0 Å². The summed E-state index contributed by atoms with van der Waals surface area (Å²) in [4.78, 5) is 7.91. The summed E-state index contributed by atoms with van der Waals surface area (Å²) in [5.74, 6) is 5.54. The Bertz CT molecular complexity index is 594. The zero-order valence-electron chi connectivity index (χ0n) is 9.20. The van der Waals surface area contributed by atoms with E-state index in [9.17, 15) is 8.42 Å². The minimum absolute atomic E-state index is 0.0815. The molecule has 9 heteroatoms. The summed E-state index contributed by atoms with van der Waals surface area (Å²) >= 11 is 1.38. The maximum Gasteiger partial charge on any atom is 0.242 e. The number of sulfonamides is 1. The molecule has 0 spiro atoms. The number of nitrogens with one attached hydrogen (secondary N) is 2. The molecule has 0 bridgehead atoms. The molecule has 2 heterocycles. The highest BCUT2D eigenvalue weighted by atomic mass is 32.2. The highest BCUT2D eigenvalue weighted by Gasteiger charge is 2.14. The average Bonchev–Trinajstić information content (AvgIpc) is 2.90. The van der Waals surface area contributed by atoms with E-state index in [-0.39, 0.29) is 11.4 Å². The zero-order chi connectivity index (χ0) is 13.0. The summed E-state index contributed by atoms with van der Waals surface area (Å²) in [6.45, 7) is 0.164. The molecule has 0 aliphatic heterocycles. The first-order valence-electron chi connectivity index (χ1n) is 4.92. The van der Waals surface area contributed by atoms with E-state index in [1.165, 1.54) is 29.7 Å². The zero-order valence-corrected chi connectivity index (χ0v) is 10.8. The number of aromatic nitrogens is 2. The summed E-state index contributed by atoms with van der Waals surface area (Å²) in [7, 11) is -3.58. The highest BCUT2D eigenvalue weighted by molar-refractivity contribution is 7.89. The lowest BCUT2D eigenvalue weighted by atomic mass is 10.5. The van der Waals surface area contributed by atoms with Crippen LogP contribution in [0, 0.1) is 0 Å². The molecule has 0 saturated heterocycles. The second-order valence-electron chi connectivity index (χ2n) is 3.27. The van der Waals surface area contributed by atoms with Gasteiger partial charge >= 0.3 is 0 Å². The van der Waals surface area contributed by atoms with E-state index in [2.05, 4.69) is 20.1 Å². The molecule has 4 N–H and O–H groups in total. The van der Waals surface area contributed by atoms with Gasteiger partial charge in [0.2, 0.25) is 10.0 Å². The van der Waals surface area contributed by atoms with Crippen molar-refractivity contribution in [3.63, 3.8) is 0 Å². The summed E-state index contributed by atoms with van der Waals surface area (Å²) in [6, 6.07) is 2.91. The van der Waals surface area contributed by atoms with E-state index in [0.29, 0.717) is 10.8 Å². The molecule has 2 rings (SSSR count). The van der Waals surface area contributed by atoms with Crippen LogP contribution >= 0.6 is 11.3 Å². The predicted molar refractivity (Wildman–Crippen MR) is 68.2 cm³/mol. The molecule has 2 aromatic rings. The fourth-order valence-electron chi connectivity index (χ4n) is 1.20. The molecule has 0 aromatic carbocycles. The number of nitrogens with zero attached hydrogens (tertiary/aromatic N) is 2. The number of thiazole rings is 1. The topological polar surface area (TPSA) is 110 Å². The van der Waals surface area contributed by atoms with Crippen molar-refractivity contribution in [3.05, 3.63) is 34.9 Å². The van der Waals surface area contributed by atoms with Gasteiger partial charge in [-0.2, -0.15) is 0 Å². The van der Waals surface area contributed by atoms with Gasteiger partial charge in [0.1, 0.15) is 15.7 Å². The molecule has 18 heavy (non-hydrogen) atoms. The molecule has 0 aliphatic carbocycles. The summed E-state index contributed by atoms with van der Waals surface area (Å²) in [5.41, 5.74) is 2.33. The number of nitrogen functional groups attached to an aromatic ring is 1. The van der Waals surface area contributed by atoms with Crippen molar-refractivity contribution in [1.29, 1.82) is 0 Å². The van der Waals surface area contributed by atoms with Crippen LogP contribution in [0.2, 0.25) is 0 Å². The quantitative estimate of drug-likeness (QED) is 0.538. The van der Waals surface area contributed by atoms with E-state index in [4.69, 9.17) is 5.84 Å². The van der Waals surface area contributed by atoms with Gasteiger partial charge in [-0.1, -0.05) is 0 Å². The number of rotatable bonds is 5. The van der Waals surface area contributed by atoms with Crippen molar-refractivity contribution >= 4 is 27.2 Å². The van der Waals surface area contributed by atoms with Gasteiger partial charge < -0.3 is 5.43 Å². The molecule has 0 atom stereocenters. The molecule has 2 aromatic heterocycles. The molecule has 7 nitrogen and oxygen atoms in total. The SMILES string of the molecule is NNc1ccc(S(=O)(=O)NCc2nccs2)cn1. The summed E-state index contributed by atoms with van der Waals surface area (Å²) in [5, 5.41) is 2.49. The predicted octanol–water partition coefficient (Wildman–Crippen LogP) is 0.302. The Morgan fingerprint density at radius 2 is 2.17 bits per heavy atom. The first-order valence-corrected chi connectivity index (χ1v) is 7.29. The van der Waals surface area contributed by atoms with E-state index in [0.717, 1.165) is 0 Å². The van der Waals surface area contributed by atoms with Crippen molar-refractivity contribution < 1.29 is 8.42 Å². The molecule has 0 radical (unpaired) electrons. The lowest BCUT2D eigenvalue weighted by Crippen LogP contribution is -2.23. The van der Waals surface area contributed by atoms with Gasteiger partial charge in [0.05, 0.1) is 6.54 Å². The molecule has 96 valence electrons. The standard InChI is InChI=1S/C9H11N5O2S2/c10-14-8-2-1-7(5-12-8)18(15,16)13-6-9-11-3-4-17-9/h1-5,13H,6,10H2,(H,12,14). The Morgan fingerprint density at radius 1 is 1.33 bits per heavy atom. The van der Waals surface area contributed by atoms with Crippen molar-refractivity contribution in [2.24, 2.45) is 5.84 Å².